The minimum Gasteiger partial charge on any atom is -0.341 e. The van der Waals surface area contributed by atoms with Gasteiger partial charge in [-0.15, -0.1) is 0 Å². The van der Waals surface area contributed by atoms with Crippen LogP contribution in [0.4, 0.5) is 0 Å². The Labute approximate surface area is 171 Å². The molecular weight excluding hydrogens is 384 g/mol. The zero-order valence-corrected chi connectivity index (χ0v) is 17.5. The van der Waals surface area contributed by atoms with Crippen LogP contribution in [0.2, 0.25) is 0 Å². The van der Waals surface area contributed by atoms with Crippen LogP contribution in [-0.4, -0.2) is 14.3 Å². The van der Waals surface area contributed by atoms with Crippen LogP contribution in [0.1, 0.15) is 44.2 Å². The molecule has 3 rings (SSSR count). The molecule has 6 heteroatoms. The van der Waals surface area contributed by atoms with Gasteiger partial charge in [0.05, 0.1) is 10.9 Å². The summed E-state index contributed by atoms with van der Waals surface area (Å²) in [4.78, 5) is 13.0. The summed E-state index contributed by atoms with van der Waals surface area (Å²) in [6.07, 6.45) is 0. The first-order valence-electron chi connectivity index (χ1n) is 9.23. The van der Waals surface area contributed by atoms with Gasteiger partial charge in [-0.3, -0.25) is 4.79 Å². The first-order valence-corrected chi connectivity index (χ1v) is 10.8. The standard InChI is InChI=1S/C23H24N2O3S/c1-15-9-11-19(13-17(15)3)22(18-7-5-4-6-8-18)25-23(26)21-14-20(29(24,27)28)12-10-16(21)2/h4-14,22H,1-3H3,(H,25,26)(H2,24,27,28). The summed E-state index contributed by atoms with van der Waals surface area (Å²) >= 11 is 0. The smallest absolute Gasteiger partial charge is 0.252 e. The molecule has 3 aromatic carbocycles. The highest BCUT2D eigenvalue weighted by Crippen LogP contribution is 2.25. The molecule has 0 aliphatic carbocycles. The molecule has 0 radical (unpaired) electrons. The molecule has 29 heavy (non-hydrogen) atoms. The number of rotatable bonds is 5. The number of amides is 1. The average molecular weight is 409 g/mol. The van der Waals surface area contributed by atoms with Gasteiger partial charge in [-0.1, -0.05) is 54.6 Å². The quantitative estimate of drug-likeness (QED) is 0.673. The van der Waals surface area contributed by atoms with Gasteiger partial charge in [0.15, 0.2) is 0 Å². The first-order chi connectivity index (χ1) is 13.7. The minimum absolute atomic E-state index is 0.0873. The molecule has 0 fully saturated rings. The molecule has 0 bridgehead atoms. The molecular formula is C23H24N2O3S. The van der Waals surface area contributed by atoms with Gasteiger partial charge in [-0.05, 0) is 60.7 Å². The molecule has 1 unspecified atom stereocenters. The molecule has 5 nitrogen and oxygen atoms in total. The number of hydrogen-bond acceptors (Lipinski definition) is 3. The summed E-state index contributed by atoms with van der Waals surface area (Å²) in [5.74, 6) is -0.361. The van der Waals surface area contributed by atoms with Crippen molar-refractivity contribution in [3.05, 3.63) is 100 Å². The van der Waals surface area contributed by atoms with Gasteiger partial charge in [0.2, 0.25) is 10.0 Å². The van der Waals surface area contributed by atoms with Crippen LogP contribution in [0.5, 0.6) is 0 Å². The fourth-order valence-corrected chi connectivity index (χ4v) is 3.72. The predicted octanol–water partition coefficient (Wildman–Crippen LogP) is 3.78. The summed E-state index contributed by atoms with van der Waals surface area (Å²) < 4.78 is 23.4. The van der Waals surface area contributed by atoms with Crippen LogP contribution in [-0.2, 0) is 10.0 Å². The van der Waals surface area contributed by atoms with Gasteiger partial charge in [0.1, 0.15) is 0 Å². The Balaban J connectivity index is 2.03. The third kappa shape index (κ3) is 4.72. The van der Waals surface area contributed by atoms with Crippen molar-refractivity contribution in [3.8, 4) is 0 Å². The van der Waals surface area contributed by atoms with E-state index in [2.05, 4.69) is 11.4 Å². The van der Waals surface area contributed by atoms with Crippen LogP contribution < -0.4 is 10.5 Å². The van der Waals surface area contributed by atoms with Gasteiger partial charge in [0.25, 0.3) is 5.91 Å². The molecule has 0 aliphatic rings. The number of carbonyl (C=O) groups excluding carboxylic acids is 1. The highest BCUT2D eigenvalue weighted by Gasteiger charge is 2.21. The van der Waals surface area contributed by atoms with E-state index in [4.69, 9.17) is 5.14 Å². The lowest BCUT2D eigenvalue weighted by Crippen LogP contribution is -2.30. The summed E-state index contributed by atoms with van der Waals surface area (Å²) in [5, 5.41) is 8.29. The van der Waals surface area contributed by atoms with Gasteiger partial charge in [-0.25, -0.2) is 13.6 Å². The van der Waals surface area contributed by atoms with Gasteiger partial charge >= 0.3 is 0 Å². The van der Waals surface area contributed by atoms with Crippen molar-refractivity contribution in [2.75, 3.05) is 0 Å². The highest BCUT2D eigenvalue weighted by molar-refractivity contribution is 7.89. The van der Waals surface area contributed by atoms with Crippen molar-refractivity contribution in [1.29, 1.82) is 0 Å². The van der Waals surface area contributed by atoms with Gasteiger partial charge in [0, 0.05) is 5.56 Å². The van der Waals surface area contributed by atoms with E-state index >= 15 is 0 Å². The van der Waals surface area contributed by atoms with Crippen LogP contribution in [0.3, 0.4) is 0 Å². The Morgan fingerprint density at radius 3 is 2.10 bits per heavy atom. The summed E-state index contributed by atoms with van der Waals surface area (Å²) in [6.45, 7) is 5.83. The van der Waals surface area contributed by atoms with Crippen molar-refractivity contribution in [3.63, 3.8) is 0 Å². The lowest BCUT2D eigenvalue weighted by molar-refractivity contribution is 0.0942. The normalized spacial score (nSPS) is 12.4. The molecule has 3 aromatic rings. The molecule has 0 saturated carbocycles. The van der Waals surface area contributed by atoms with Crippen molar-refractivity contribution in [2.24, 2.45) is 5.14 Å². The summed E-state index contributed by atoms with van der Waals surface area (Å²) in [7, 11) is -3.90. The Morgan fingerprint density at radius 2 is 1.48 bits per heavy atom. The second-order valence-corrected chi connectivity index (χ2v) is 8.74. The van der Waals surface area contributed by atoms with Gasteiger partial charge in [-0.2, -0.15) is 0 Å². The third-order valence-corrected chi connectivity index (χ3v) is 5.97. The lowest BCUT2D eigenvalue weighted by Gasteiger charge is -2.21. The molecule has 3 N–H and O–H groups in total. The fraction of sp³-hybridized carbons (Fsp3) is 0.174. The molecule has 1 amide bonds. The number of benzene rings is 3. The number of hydrogen-bond donors (Lipinski definition) is 2. The van der Waals surface area contributed by atoms with Crippen molar-refractivity contribution in [1.82, 2.24) is 5.32 Å². The number of carbonyl (C=O) groups is 1. The monoisotopic (exact) mass is 408 g/mol. The molecule has 0 spiro atoms. The van der Waals surface area contributed by atoms with Crippen LogP contribution in [0.15, 0.2) is 71.6 Å². The molecule has 0 saturated heterocycles. The van der Waals surface area contributed by atoms with E-state index in [0.29, 0.717) is 5.56 Å². The maximum absolute atomic E-state index is 13.1. The number of nitrogens with two attached hydrogens (primary N) is 1. The lowest BCUT2D eigenvalue weighted by atomic mass is 9.95. The average Bonchev–Trinajstić information content (AvgIpc) is 2.68. The van der Waals surface area contributed by atoms with Crippen molar-refractivity contribution in [2.45, 2.75) is 31.7 Å². The molecule has 150 valence electrons. The van der Waals surface area contributed by atoms with E-state index in [-0.39, 0.29) is 22.4 Å². The van der Waals surface area contributed by atoms with Crippen LogP contribution in [0.25, 0.3) is 0 Å². The van der Waals surface area contributed by atoms with Crippen molar-refractivity contribution < 1.29 is 13.2 Å². The predicted molar refractivity (Wildman–Crippen MR) is 114 cm³/mol. The Hall–Kier alpha value is -2.96. The van der Waals surface area contributed by atoms with Crippen LogP contribution >= 0.6 is 0 Å². The van der Waals surface area contributed by atoms with Crippen molar-refractivity contribution >= 4 is 15.9 Å². The zero-order valence-electron chi connectivity index (χ0n) is 16.6. The number of nitrogens with one attached hydrogen (secondary N) is 1. The Bertz CT molecular complexity index is 1160. The summed E-state index contributed by atoms with van der Waals surface area (Å²) in [5.41, 5.74) is 5.13. The number of aryl methyl sites for hydroxylation is 3. The largest absolute Gasteiger partial charge is 0.341 e. The SMILES string of the molecule is Cc1ccc(C(NC(=O)c2cc(S(N)(=O)=O)ccc2C)c2ccccc2)cc1C. The van der Waals surface area contributed by atoms with Crippen LogP contribution in [0, 0.1) is 20.8 Å². The molecule has 0 aliphatic heterocycles. The van der Waals surface area contributed by atoms with Gasteiger partial charge < -0.3 is 5.32 Å². The van der Waals surface area contributed by atoms with E-state index in [0.717, 1.165) is 16.7 Å². The van der Waals surface area contributed by atoms with E-state index in [1.807, 2.05) is 56.3 Å². The minimum atomic E-state index is -3.90. The maximum atomic E-state index is 13.1. The Kier molecular flexibility index (Phi) is 5.86. The second kappa shape index (κ2) is 8.19. The topological polar surface area (TPSA) is 89.3 Å². The molecule has 0 aromatic heterocycles. The van der Waals surface area contributed by atoms with E-state index in [1.54, 1.807) is 13.0 Å². The number of sulfonamides is 1. The number of primary sulfonamides is 1. The maximum Gasteiger partial charge on any atom is 0.252 e. The van der Waals surface area contributed by atoms with E-state index in [1.165, 1.54) is 17.7 Å². The first kappa shape index (κ1) is 20.8. The fourth-order valence-electron chi connectivity index (χ4n) is 3.18. The third-order valence-electron chi connectivity index (χ3n) is 5.05. The molecule has 1 atom stereocenters. The Morgan fingerprint density at radius 1 is 0.828 bits per heavy atom. The second-order valence-electron chi connectivity index (χ2n) is 7.18. The zero-order chi connectivity index (χ0) is 21.2. The molecule has 0 heterocycles. The van der Waals surface area contributed by atoms with E-state index in [9.17, 15) is 13.2 Å². The highest BCUT2D eigenvalue weighted by atomic mass is 32.2. The summed E-state index contributed by atoms with van der Waals surface area (Å²) in [6, 6.07) is 19.7. The van der Waals surface area contributed by atoms with E-state index < -0.39 is 10.0 Å².